The van der Waals surface area contributed by atoms with Crippen molar-refractivity contribution in [2.45, 2.75) is 69.0 Å². The van der Waals surface area contributed by atoms with Gasteiger partial charge in [0, 0.05) is 31.8 Å². The van der Waals surface area contributed by atoms with Gasteiger partial charge in [-0.3, -0.25) is 9.59 Å². The lowest BCUT2D eigenvalue weighted by atomic mass is 9.91. The van der Waals surface area contributed by atoms with Gasteiger partial charge in [-0.15, -0.1) is 11.8 Å². The molecule has 3 N–H and O–H groups in total. The molecule has 0 bridgehead atoms. The van der Waals surface area contributed by atoms with Crippen LogP contribution in [0.5, 0.6) is 0 Å². The number of carboxylic acid groups (broad SMARTS) is 1. The molecule has 3 atom stereocenters. The smallest absolute Gasteiger partial charge is 0.322 e. The first kappa shape index (κ1) is 27.9. The van der Waals surface area contributed by atoms with E-state index in [9.17, 15) is 19.8 Å². The van der Waals surface area contributed by atoms with E-state index in [1.165, 1.54) is 12.8 Å². The third-order valence-electron chi connectivity index (χ3n) is 5.89. The summed E-state index contributed by atoms with van der Waals surface area (Å²) in [5, 5.41) is 28.0. The van der Waals surface area contributed by atoms with E-state index in [1.54, 1.807) is 7.11 Å². The molecule has 1 aliphatic rings. The Balaban J connectivity index is 2.41. The molecule has 31 heavy (non-hydrogen) atoms. The molecule has 7 heteroatoms. The molecular weight excluding hydrogens is 416 g/mol. The summed E-state index contributed by atoms with van der Waals surface area (Å²) in [5.74, 6) is -0.167. The number of aliphatic carboxylic acids is 1. The van der Waals surface area contributed by atoms with Gasteiger partial charge in [0.1, 0.15) is 10.5 Å². The maximum Gasteiger partial charge on any atom is 0.322 e. The average Bonchev–Trinajstić information content (AvgIpc) is 3.11. The fourth-order valence-corrected chi connectivity index (χ4v) is 4.91. The van der Waals surface area contributed by atoms with Gasteiger partial charge >= 0.3 is 5.97 Å². The van der Waals surface area contributed by atoms with Gasteiger partial charge in [0.2, 0.25) is 0 Å². The van der Waals surface area contributed by atoms with E-state index in [0.29, 0.717) is 31.0 Å². The zero-order valence-corrected chi connectivity index (χ0v) is 19.7. The molecule has 0 heterocycles. The van der Waals surface area contributed by atoms with Crippen molar-refractivity contribution in [1.29, 1.82) is 0 Å². The van der Waals surface area contributed by atoms with Crippen LogP contribution in [0.15, 0.2) is 24.3 Å². The van der Waals surface area contributed by atoms with Crippen LogP contribution < -0.4 is 0 Å². The molecule has 0 spiro atoms. The number of rotatable bonds is 18. The standard InChI is InChI=1S/C24H40O6S/c1-30-17-10-5-3-2-4-7-11-20-13-14-22(27)21(20)12-8-6-9-15-24(19-26,23(28)29)31-18-16-25/h6-8,11,20-21,25-26H,2-5,9-10,12-19H2,1H3,(H,28,29)/t20-,21+,24-/m0/s1. The molecule has 178 valence electrons. The second kappa shape index (κ2) is 16.5. The van der Waals surface area contributed by atoms with Crippen LogP contribution in [-0.4, -0.2) is 64.5 Å². The fraction of sp³-hybridized carbons (Fsp3) is 0.750. The van der Waals surface area contributed by atoms with Gasteiger partial charge in [-0.2, -0.15) is 0 Å². The number of unbranched alkanes of at least 4 members (excludes halogenated alkanes) is 4. The Labute approximate surface area is 191 Å². The quantitative estimate of drug-likeness (QED) is 0.211. The van der Waals surface area contributed by atoms with Gasteiger partial charge in [0.25, 0.3) is 0 Å². The number of hydrogen-bond donors (Lipinski definition) is 3. The molecule has 0 unspecified atom stereocenters. The summed E-state index contributed by atoms with van der Waals surface area (Å²) in [6.45, 7) is 0.233. The van der Waals surface area contributed by atoms with E-state index >= 15 is 0 Å². The monoisotopic (exact) mass is 456 g/mol. The van der Waals surface area contributed by atoms with Gasteiger partial charge < -0.3 is 20.1 Å². The molecule has 1 rings (SSSR count). The molecule has 0 aromatic carbocycles. The minimum atomic E-state index is -1.29. The molecule has 0 aliphatic heterocycles. The fourth-order valence-electron chi connectivity index (χ4n) is 3.96. The molecule has 0 aromatic heterocycles. The van der Waals surface area contributed by atoms with E-state index in [0.717, 1.165) is 44.1 Å². The SMILES string of the molecule is COCCCCCCC=C[C@H]1CCC(=O)[C@@H]1CC=CCC[C@@](CO)(SCCO)C(=O)O. The maximum atomic E-state index is 12.3. The number of carbonyl (C=O) groups is 2. The summed E-state index contributed by atoms with van der Waals surface area (Å²) in [7, 11) is 1.73. The summed E-state index contributed by atoms with van der Waals surface area (Å²) < 4.78 is 3.77. The molecule has 6 nitrogen and oxygen atoms in total. The highest BCUT2D eigenvalue weighted by atomic mass is 32.2. The number of carboxylic acids is 1. The van der Waals surface area contributed by atoms with Crippen LogP contribution in [0.25, 0.3) is 0 Å². The highest BCUT2D eigenvalue weighted by Gasteiger charge is 2.37. The van der Waals surface area contributed by atoms with Gasteiger partial charge in [0.15, 0.2) is 0 Å². The van der Waals surface area contributed by atoms with E-state index in [-0.39, 0.29) is 24.7 Å². The summed E-state index contributed by atoms with van der Waals surface area (Å²) in [5.41, 5.74) is 0. The maximum absolute atomic E-state index is 12.3. The minimum Gasteiger partial charge on any atom is -0.480 e. The van der Waals surface area contributed by atoms with Gasteiger partial charge in [-0.25, -0.2) is 0 Å². The zero-order valence-electron chi connectivity index (χ0n) is 18.8. The first-order valence-corrected chi connectivity index (χ1v) is 12.4. The Hall–Kier alpha value is -1.15. The normalized spacial score (nSPS) is 21.3. The van der Waals surface area contributed by atoms with Crippen LogP contribution in [0.3, 0.4) is 0 Å². The second-order valence-corrected chi connectivity index (χ2v) is 9.65. The number of allylic oxidation sites excluding steroid dienone is 4. The van der Waals surface area contributed by atoms with E-state index < -0.39 is 17.3 Å². The Kier molecular flexibility index (Phi) is 14.8. The Morgan fingerprint density at radius 3 is 2.61 bits per heavy atom. The molecule has 1 aliphatic carbocycles. The lowest BCUT2D eigenvalue weighted by Crippen LogP contribution is -2.39. The molecule has 1 fully saturated rings. The van der Waals surface area contributed by atoms with Crippen molar-refractivity contribution in [3.8, 4) is 0 Å². The summed E-state index contributed by atoms with van der Waals surface area (Å²) >= 11 is 1.08. The molecule has 0 radical (unpaired) electrons. The zero-order chi connectivity index (χ0) is 23.0. The summed E-state index contributed by atoms with van der Waals surface area (Å²) in [6.07, 6.45) is 17.0. The number of aliphatic hydroxyl groups is 2. The number of hydrogen-bond acceptors (Lipinski definition) is 6. The summed E-state index contributed by atoms with van der Waals surface area (Å²) in [4.78, 5) is 23.9. The number of aliphatic hydroxyl groups excluding tert-OH is 2. The number of ether oxygens (including phenoxy) is 1. The number of methoxy groups -OCH3 is 1. The molecule has 1 saturated carbocycles. The number of Topliss-reactive ketones (excluding diaryl/α,β-unsaturated/α-hetero) is 1. The largest absolute Gasteiger partial charge is 0.480 e. The lowest BCUT2D eigenvalue weighted by molar-refractivity contribution is -0.141. The van der Waals surface area contributed by atoms with Crippen LogP contribution in [0.4, 0.5) is 0 Å². The van der Waals surface area contributed by atoms with Crippen LogP contribution in [-0.2, 0) is 14.3 Å². The van der Waals surface area contributed by atoms with Crippen LogP contribution in [0.2, 0.25) is 0 Å². The van der Waals surface area contributed by atoms with Crippen LogP contribution >= 0.6 is 11.8 Å². The predicted octanol–water partition coefficient (Wildman–Crippen LogP) is 4.00. The first-order valence-electron chi connectivity index (χ1n) is 11.4. The Morgan fingerprint density at radius 1 is 1.16 bits per heavy atom. The Morgan fingerprint density at radius 2 is 1.94 bits per heavy atom. The highest BCUT2D eigenvalue weighted by Crippen LogP contribution is 2.34. The van der Waals surface area contributed by atoms with E-state index in [1.807, 2.05) is 12.2 Å². The van der Waals surface area contributed by atoms with Crippen molar-refractivity contribution < 1.29 is 29.6 Å². The first-order chi connectivity index (χ1) is 15.0. The van der Waals surface area contributed by atoms with Gasteiger partial charge in [-0.05, 0) is 50.9 Å². The molecular formula is C24H40O6S. The third-order valence-corrected chi connectivity index (χ3v) is 7.34. The van der Waals surface area contributed by atoms with Crippen molar-refractivity contribution in [1.82, 2.24) is 0 Å². The molecule has 0 aromatic rings. The van der Waals surface area contributed by atoms with Gasteiger partial charge in [0.05, 0.1) is 13.2 Å². The summed E-state index contributed by atoms with van der Waals surface area (Å²) in [6, 6.07) is 0. The highest BCUT2D eigenvalue weighted by molar-refractivity contribution is 8.01. The van der Waals surface area contributed by atoms with Crippen LogP contribution in [0, 0.1) is 11.8 Å². The minimum absolute atomic E-state index is 0.0139. The number of ketones is 1. The Bertz CT molecular complexity index is 576. The van der Waals surface area contributed by atoms with Crippen molar-refractivity contribution >= 4 is 23.5 Å². The second-order valence-electron chi connectivity index (χ2n) is 8.17. The number of thioether (sulfide) groups is 1. The van der Waals surface area contributed by atoms with Crippen molar-refractivity contribution in [3.63, 3.8) is 0 Å². The van der Waals surface area contributed by atoms with Crippen molar-refractivity contribution in [2.75, 3.05) is 32.7 Å². The van der Waals surface area contributed by atoms with E-state index in [2.05, 4.69) is 12.2 Å². The van der Waals surface area contributed by atoms with Crippen molar-refractivity contribution in [3.05, 3.63) is 24.3 Å². The average molecular weight is 457 g/mol. The third kappa shape index (κ3) is 10.3. The molecule has 0 amide bonds. The van der Waals surface area contributed by atoms with Crippen molar-refractivity contribution in [2.24, 2.45) is 11.8 Å². The van der Waals surface area contributed by atoms with Crippen LogP contribution in [0.1, 0.15) is 64.2 Å². The lowest BCUT2D eigenvalue weighted by Gasteiger charge is -2.25. The predicted molar refractivity (Wildman–Crippen MR) is 125 cm³/mol. The molecule has 0 saturated heterocycles. The topological polar surface area (TPSA) is 104 Å². The number of carbonyl (C=O) groups excluding carboxylic acids is 1. The van der Waals surface area contributed by atoms with E-state index in [4.69, 9.17) is 9.84 Å². The van der Waals surface area contributed by atoms with Gasteiger partial charge in [-0.1, -0.05) is 37.1 Å².